The summed E-state index contributed by atoms with van der Waals surface area (Å²) in [7, 11) is 0. The van der Waals surface area contributed by atoms with Crippen LogP contribution in [0.4, 0.5) is 13.2 Å². The lowest BCUT2D eigenvalue weighted by atomic mass is 10.0. The normalized spacial score (nSPS) is 11.6. The van der Waals surface area contributed by atoms with Crippen molar-refractivity contribution in [3.8, 4) is 11.1 Å². The number of nitrogens with two attached hydrogens (primary N) is 1. The summed E-state index contributed by atoms with van der Waals surface area (Å²) in [6, 6.07) is 7.21. The molecule has 2 nitrogen and oxygen atoms in total. The van der Waals surface area contributed by atoms with E-state index in [1.54, 1.807) is 24.4 Å². The predicted octanol–water partition coefficient (Wildman–Crippen LogP) is 3.23. The average molecular weight is 252 g/mol. The van der Waals surface area contributed by atoms with E-state index in [0.29, 0.717) is 16.7 Å². The Hall–Kier alpha value is -1.88. The van der Waals surface area contributed by atoms with Crippen LogP contribution in [0.2, 0.25) is 0 Å². The molecule has 1 heterocycles. The highest BCUT2D eigenvalue weighted by atomic mass is 19.4. The van der Waals surface area contributed by atoms with E-state index >= 15 is 0 Å². The van der Waals surface area contributed by atoms with Crippen LogP contribution in [0.25, 0.3) is 11.1 Å². The molecule has 0 amide bonds. The van der Waals surface area contributed by atoms with Crippen molar-refractivity contribution in [3.05, 3.63) is 53.9 Å². The summed E-state index contributed by atoms with van der Waals surface area (Å²) >= 11 is 0. The van der Waals surface area contributed by atoms with Crippen LogP contribution < -0.4 is 5.73 Å². The van der Waals surface area contributed by atoms with Gasteiger partial charge in [0.1, 0.15) is 0 Å². The van der Waals surface area contributed by atoms with Crippen LogP contribution in [-0.4, -0.2) is 4.98 Å². The maximum Gasteiger partial charge on any atom is 0.416 e. The fraction of sp³-hybridized carbons (Fsp3) is 0.154. The first kappa shape index (κ1) is 12.6. The smallest absolute Gasteiger partial charge is 0.326 e. The van der Waals surface area contributed by atoms with Gasteiger partial charge < -0.3 is 5.73 Å². The number of halogens is 3. The van der Waals surface area contributed by atoms with Gasteiger partial charge in [-0.05, 0) is 35.4 Å². The monoisotopic (exact) mass is 252 g/mol. The van der Waals surface area contributed by atoms with Gasteiger partial charge in [-0.1, -0.05) is 6.07 Å². The molecule has 1 aromatic carbocycles. The second-order valence-corrected chi connectivity index (χ2v) is 3.86. The molecule has 5 heteroatoms. The third-order valence-corrected chi connectivity index (χ3v) is 2.55. The molecular weight excluding hydrogens is 241 g/mol. The van der Waals surface area contributed by atoms with E-state index in [9.17, 15) is 13.2 Å². The Bertz CT molecular complexity index is 536. The van der Waals surface area contributed by atoms with E-state index in [4.69, 9.17) is 5.73 Å². The highest BCUT2D eigenvalue weighted by molar-refractivity contribution is 5.64. The summed E-state index contributed by atoms with van der Waals surface area (Å²) in [5, 5.41) is 0. The molecule has 0 spiro atoms. The lowest BCUT2D eigenvalue weighted by Gasteiger charge is -2.11. The largest absolute Gasteiger partial charge is 0.416 e. The first-order chi connectivity index (χ1) is 8.50. The van der Waals surface area contributed by atoms with Gasteiger partial charge in [0.25, 0.3) is 0 Å². The van der Waals surface area contributed by atoms with Gasteiger partial charge >= 0.3 is 6.18 Å². The number of pyridine rings is 1. The average Bonchev–Trinajstić information content (AvgIpc) is 2.38. The Labute approximate surface area is 102 Å². The van der Waals surface area contributed by atoms with E-state index in [1.165, 1.54) is 6.20 Å². The molecule has 0 aliphatic rings. The molecule has 0 bridgehead atoms. The fourth-order valence-electron chi connectivity index (χ4n) is 1.67. The molecule has 2 aromatic rings. The molecule has 0 radical (unpaired) electrons. The highest BCUT2D eigenvalue weighted by Crippen LogP contribution is 2.33. The van der Waals surface area contributed by atoms with Gasteiger partial charge in [-0.2, -0.15) is 13.2 Å². The SMILES string of the molecule is NCc1cc(-c2cccnc2)cc(C(F)(F)F)c1. The Morgan fingerprint density at radius 3 is 2.44 bits per heavy atom. The summed E-state index contributed by atoms with van der Waals surface area (Å²) in [4.78, 5) is 3.90. The second-order valence-electron chi connectivity index (χ2n) is 3.86. The van der Waals surface area contributed by atoms with Crippen molar-refractivity contribution in [2.75, 3.05) is 0 Å². The van der Waals surface area contributed by atoms with Crippen LogP contribution in [0.5, 0.6) is 0 Å². The van der Waals surface area contributed by atoms with Crippen LogP contribution in [0.3, 0.4) is 0 Å². The molecule has 18 heavy (non-hydrogen) atoms. The topological polar surface area (TPSA) is 38.9 Å². The number of hydrogen-bond donors (Lipinski definition) is 1. The zero-order valence-electron chi connectivity index (χ0n) is 9.41. The van der Waals surface area contributed by atoms with Gasteiger partial charge in [0.05, 0.1) is 5.56 Å². The summed E-state index contributed by atoms with van der Waals surface area (Å²) < 4.78 is 38.2. The number of nitrogens with zero attached hydrogens (tertiary/aromatic N) is 1. The third-order valence-electron chi connectivity index (χ3n) is 2.55. The maximum atomic E-state index is 12.7. The zero-order chi connectivity index (χ0) is 13.2. The predicted molar refractivity (Wildman–Crippen MR) is 62.6 cm³/mol. The highest BCUT2D eigenvalue weighted by Gasteiger charge is 2.31. The van der Waals surface area contributed by atoms with Gasteiger partial charge in [0, 0.05) is 24.5 Å². The van der Waals surface area contributed by atoms with Crippen molar-refractivity contribution in [2.24, 2.45) is 5.73 Å². The van der Waals surface area contributed by atoms with Crippen molar-refractivity contribution in [3.63, 3.8) is 0 Å². The van der Waals surface area contributed by atoms with E-state index < -0.39 is 11.7 Å². The summed E-state index contributed by atoms with van der Waals surface area (Å²) in [6.45, 7) is 0.0666. The molecule has 2 rings (SSSR count). The van der Waals surface area contributed by atoms with Crippen LogP contribution in [0.1, 0.15) is 11.1 Å². The Balaban J connectivity index is 2.55. The second kappa shape index (κ2) is 4.78. The van der Waals surface area contributed by atoms with Crippen LogP contribution in [0.15, 0.2) is 42.7 Å². The molecule has 1 aromatic heterocycles. The molecule has 0 atom stereocenters. The van der Waals surface area contributed by atoms with Crippen molar-refractivity contribution >= 4 is 0 Å². The van der Waals surface area contributed by atoms with E-state index in [0.717, 1.165) is 12.1 Å². The molecule has 0 unspecified atom stereocenters. The molecule has 94 valence electrons. The molecule has 0 saturated heterocycles. The van der Waals surface area contributed by atoms with E-state index in [-0.39, 0.29) is 6.54 Å². The molecule has 0 aliphatic heterocycles. The fourth-order valence-corrected chi connectivity index (χ4v) is 1.67. The summed E-state index contributed by atoms with van der Waals surface area (Å²) in [6.07, 6.45) is -1.28. The number of aromatic nitrogens is 1. The van der Waals surface area contributed by atoms with Crippen molar-refractivity contribution < 1.29 is 13.2 Å². The first-order valence-corrected chi connectivity index (χ1v) is 5.32. The Morgan fingerprint density at radius 1 is 1.11 bits per heavy atom. The van der Waals surface area contributed by atoms with Crippen LogP contribution in [-0.2, 0) is 12.7 Å². The number of alkyl halides is 3. The van der Waals surface area contributed by atoms with Gasteiger partial charge in [-0.15, -0.1) is 0 Å². The van der Waals surface area contributed by atoms with Crippen molar-refractivity contribution in [1.82, 2.24) is 4.98 Å². The minimum Gasteiger partial charge on any atom is -0.326 e. The number of rotatable bonds is 2. The first-order valence-electron chi connectivity index (χ1n) is 5.32. The zero-order valence-corrected chi connectivity index (χ0v) is 9.41. The Kier molecular flexibility index (Phi) is 3.34. The molecule has 0 fully saturated rings. The van der Waals surface area contributed by atoms with Crippen LogP contribution >= 0.6 is 0 Å². The van der Waals surface area contributed by atoms with Crippen molar-refractivity contribution in [2.45, 2.75) is 12.7 Å². The van der Waals surface area contributed by atoms with Gasteiger partial charge in [0.15, 0.2) is 0 Å². The summed E-state index contributed by atoms with van der Waals surface area (Å²) in [5.74, 6) is 0. The summed E-state index contributed by atoms with van der Waals surface area (Å²) in [5.41, 5.74) is 6.29. The lowest BCUT2D eigenvalue weighted by Crippen LogP contribution is -2.07. The molecule has 0 saturated carbocycles. The van der Waals surface area contributed by atoms with Crippen molar-refractivity contribution in [1.29, 1.82) is 0 Å². The van der Waals surface area contributed by atoms with Gasteiger partial charge in [-0.25, -0.2) is 0 Å². The lowest BCUT2D eigenvalue weighted by molar-refractivity contribution is -0.137. The molecule has 2 N–H and O–H groups in total. The molecule has 0 aliphatic carbocycles. The molecular formula is C13H11F3N2. The third kappa shape index (κ3) is 2.68. The number of benzene rings is 1. The number of hydrogen-bond acceptors (Lipinski definition) is 2. The van der Waals surface area contributed by atoms with Gasteiger partial charge in [0.2, 0.25) is 0 Å². The van der Waals surface area contributed by atoms with Gasteiger partial charge in [-0.3, -0.25) is 4.98 Å². The maximum absolute atomic E-state index is 12.7. The van der Waals surface area contributed by atoms with Crippen LogP contribution in [0, 0.1) is 0 Å². The van der Waals surface area contributed by atoms with E-state index in [2.05, 4.69) is 4.98 Å². The Morgan fingerprint density at radius 2 is 1.89 bits per heavy atom. The standard InChI is InChI=1S/C13H11F3N2/c14-13(15,16)12-5-9(7-17)4-11(6-12)10-2-1-3-18-8-10/h1-6,8H,7,17H2. The van der Waals surface area contributed by atoms with E-state index in [1.807, 2.05) is 0 Å². The minimum atomic E-state index is -4.37. The minimum absolute atomic E-state index is 0.0666. The quantitative estimate of drug-likeness (QED) is 0.891.